The summed E-state index contributed by atoms with van der Waals surface area (Å²) in [5.74, 6) is 0.360. The fraction of sp³-hybridized carbons (Fsp3) is 0.700. The molecule has 1 saturated carbocycles. The lowest BCUT2D eigenvalue weighted by Crippen LogP contribution is -2.16. The normalized spacial score (nSPS) is 24.5. The predicted molar refractivity (Wildman–Crippen MR) is 55.4 cm³/mol. The van der Waals surface area contributed by atoms with Gasteiger partial charge in [-0.05, 0) is 18.3 Å². The minimum Gasteiger partial charge on any atom is -0.364 e. The molecule has 5 nitrogen and oxygen atoms in total. The summed E-state index contributed by atoms with van der Waals surface area (Å²) in [5.41, 5.74) is 6.46. The minimum absolute atomic E-state index is 0.218. The first-order valence-corrected chi connectivity index (χ1v) is 5.27. The molecule has 15 heavy (non-hydrogen) atoms. The van der Waals surface area contributed by atoms with Crippen molar-refractivity contribution in [3.8, 4) is 0 Å². The fourth-order valence-electron chi connectivity index (χ4n) is 1.90. The lowest BCUT2D eigenvalue weighted by molar-refractivity contribution is 0.0994. The Kier molecular flexibility index (Phi) is 2.25. The quantitative estimate of drug-likeness (QED) is 0.807. The van der Waals surface area contributed by atoms with Crippen molar-refractivity contribution < 1.29 is 4.79 Å². The molecule has 82 valence electrons. The third-order valence-corrected chi connectivity index (χ3v) is 2.89. The third-order valence-electron chi connectivity index (χ3n) is 2.89. The first-order chi connectivity index (χ1) is 7.02. The van der Waals surface area contributed by atoms with Crippen LogP contribution in [0.5, 0.6) is 0 Å². The van der Waals surface area contributed by atoms with Crippen LogP contribution >= 0.6 is 0 Å². The molecule has 0 aromatic carbocycles. The van der Waals surface area contributed by atoms with Crippen LogP contribution in [0.2, 0.25) is 0 Å². The van der Waals surface area contributed by atoms with Gasteiger partial charge in [0.05, 0.1) is 11.7 Å². The largest absolute Gasteiger partial charge is 0.364 e. The van der Waals surface area contributed by atoms with Crippen LogP contribution < -0.4 is 5.73 Å². The van der Waals surface area contributed by atoms with Gasteiger partial charge in [0.1, 0.15) is 0 Å². The van der Waals surface area contributed by atoms with Gasteiger partial charge in [0.2, 0.25) is 0 Å². The van der Waals surface area contributed by atoms with E-state index < -0.39 is 5.91 Å². The topological polar surface area (TPSA) is 73.8 Å². The summed E-state index contributed by atoms with van der Waals surface area (Å²) in [6.07, 6.45) is 1.11. The van der Waals surface area contributed by atoms with Gasteiger partial charge in [-0.25, -0.2) is 4.68 Å². The van der Waals surface area contributed by atoms with Gasteiger partial charge in [-0.15, -0.1) is 5.10 Å². The summed E-state index contributed by atoms with van der Waals surface area (Å²) < 4.78 is 1.87. The maximum Gasteiger partial charge on any atom is 0.271 e. The zero-order chi connectivity index (χ0) is 11.2. The van der Waals surface area contributed by atoms with E-state index in [1.807, 2.05) is 18.5 Å². The van der Waals surface area contributed by atoms with Gasteiger partial charge in [0.15, 0.2) is 5.69 Å². The zero-order valence-corrected chi connectivity index (χ0v) is 9.27. The lowest BCUT2D eigenvalue weighted by Gasteiger charge is -2.09. The van der Waals surface area contributed by atoms with Crippen molar-refractivity contribution in [3.05, 3.63) is 11.4 Å². The molecule has 1 aliphatic carbocycles. The molecule has 1 aromatic heterocycles. The zero-order valence-electron chi connectivity index (χ0n) is 9.27. The summed E-state index contributed by atoms with van der Waals surface area (Å²) in [6, 6.07) is 0.406. The standard InChI is InChI=1S/C10H16N4O/c1-5(2)9-8(10(11)15)12-13-14(9)7-4-6(7)3/h5-7H,4H2,1-3H3,(H2,11,15). The van der Waals surface area contributed by atoms with Gasteiger partial charge in [-0.1, -0.05) is 26.0 Å². The van der Waals surface area contributed by atoms with Crippen molar-refractivity contribution in [3.63, 3.8) is 0 Å². The number of primary amides is 1. The van der Waals surface area contributed by atoms with Gasteiger partial charge in [0.25, 0.3) is 5.91 Å². The maximum atomic E-state index is 11.2. The first kappa shape index (κ1) is 10.1. The summed E-state index contributed by atoms with van der Waals surface area (Å²) in [6.45, 7) is 6.21. The van der Waals surface area contributed by atoms with E-state index in [0.29, 0.717) is 17.7 Å². The van der Waals surface area contributed by atoms with Crippen LogP contribution in [0.25, 0.3) is 0 Å². The van der Waals surface area contributed by atoms with Crippen molar-refractivity contribution >= 4 is 5.91 Å². The van der Waals surface area contributed by atoms with E-state index in [4.69, 9.17) is 5.73 Å². The Balaban J connectivity index is 2.43. The van der Waals surface area contributed by atoms with E-state index in [-0.39, 0.29) is 5.92 Å². The molecule has 1 aliphatic rings. The molecule has 0 radical (unpaired) electrons. The highest BCUT2D eigenvalue weighted by Gasteiger charge is 2.38. The monoisotopic (exact) mass is 208 g/mol. The van der Waals surface area contributed by atoms with Crippen molar-refractivity contribution in [2.24, 2.45) is 11.7 Å². The number of carbonyl (C=O) groups is 1. The van der Waals surface area contributed by atoms with E-state index in [1.54, 1.807) is 0 Å². The Morgan fingerprint density at radius 1 is 1.60 bits per heavy atom. The number of nitrogens with two attached hydrogens (primary N) is 1. The molecule has 0 spiro atoms. The van der Waals surface area contributed by atoms with E-state index in [0.717, 1.165) is 12.1 Å². The third kappa shape index (κ3) is 1.62. The molecule has 1 amide bonds. The average Bonchev–Trinajstić information content (AvgIpc) is 2.71. The highest BCUT2D eigenvalue weighted by Crippen LogP contribution is 2.43. The van der Waals surface area contributed by atoms with Crippen LogP contribution in [0.3, 0.4) is 0 Å². The molecule has 1 heterocycles. The molecule has 1 fully saturated rings. The van der Waals surface area contributed by atoms with Crippen molar-refractivity contribution in [2.45, 2.75) is 39.2 Å². The van der Waals surface area contributed by atoms with E-state index in [2.05, 4.69) is 17.2 Å². The van der Waals surface area contributed by atoms with Crippen molar-refractivity contribution in [1.29, 1.82) is 0 Å². The molecule has 2 rings (SSSR count). The summed E-state index contributed by atoms with van der Waals surface area (Å²) in [4.78, 5) is 11.2. The van der Waals surface area contributed by atoms with Crippen molar-refractivity contribution in [2.75, 3.05) is 0 Å². The van der Waals surface area contributed by atoms with Gasteiger partial charge in [-0.3, -0.25) is 4.79 Å². The van der Waals surface area contributed by atoms with Crippen LogP contribution in [0.4, 0.5) is 0 Å². The van der Waals surface area contributed by atoms with Crippen molar-refractivity contribution in [1.82, 2.24) is 15.0 Å². The van der Waals surface area contributed by atoms with Crippen LogP contribution in [0, 0.1) is 5.92 Å². The highest BCUT2D eigenvalue weighted by molar-refractivity contribution is 5.91. The molecule has 0 aliphatic heterocycles. The molecule has 2 N–H and O–H groups in total. The van der Waals surface area contributed by atoms with Crippen LogP contribution in [0.15, 0.2) is 0 Å². The Labute approximate surface area is 88.6 Å². The molecule has 5 heteroatoms. The van der Waals surface area contributed by atoms with E-state index >= 15 is 0 Å². The second-order valence-electron chi connectivity index (χ2n) is 4.57. The van der Waals surface area contributed by atoms with Crippen LogP contribution in [-0.4, -0.2) is 20.9 Å². The Morgan fingerprint density at radius 2 is 2.20 bits per heavy atom. The average molecular weight is 208 g/mol. The Morgan fingerprint density at radius 3 is 2.60 bits per heavy atom. The van der Waals surface area contributed by atoms with Crippen LogP contribution in [-0.2, 0) is 0 Å². The number of hydrogen-bond acceptors (Lipinski definition) is 3. The molecule has 1 aromatic rings. The van der Waals surface area contributed by atoms with E-state index in [1.165, 1.54) is 0 Å². The van der Waals surface area contributed by atoms with Gasteiger partial charge < -0.3 is 5.73 Å². The smallest absolute Gasteiger partial charge is 0.271 e. The number of rotatable bonds is 3. The SMILES string of the molecule is CC(C)c1c(C(N)=O)nnn1C1CC1C. The van der Waals surface area contributed by atoms with Gasteiger partial charge in [-0.2, -0.15) is 0 Å². The second kappa shape index (κ2) is 3.32. The molecule has 2 atom stereocenters. The fourth-order valence-corrected chi connectivity index (χ4v) is 1.90. The number of amides is 1. The summed E-state index contributed by atoms with van der Waals surface area (Å²) >= 11 is 0. The molecule has 0 saturated heterocycles. The van der Waals surface area contributed by atoms with Gasteiger partial charge in [0, 0.05) is 0 Å². The predicted octanol–water partition coefficient (Wildman–Crippen LogP) is 1.08. The number of nitrogens with zero attached hydrogens (tertiary/aromatic N) is 3. The van der Waals surface area contributed by atoms with E-state index in [9.17, 15) is 4.79 Å². The molecule has 0 bridgehead atoms. The summed E-state index contributed by atoms with van der Waals surface area (Å²) in [7, 11) is 0. The summed E-state index contributed by atoms with van der Waals surface area (Å²) in [5, 5.41) is 7.91. The number of carbonyl (C=O) groups excluding carboxylic acids is 1. The molecule has 2 unspecified atom stereocenters. The number of aromatic nitrogens is 3. The van der Waals surface area contributed by atoms with Gasteiger partial charge >= 0.3 is 0 Å². The molecular weight excluding hydrogens is 192 g/mol. The lowest BCUT2D eigenvalue weighted by atomic mass is 10.1. The van der Waals surface area contributed by atoms with Crippen LogP contribution in [0.1, 0.15) is 55.3 Å². The highest BCUT2D eigenvalue weighted by atomic mass is 16.1. The molecular formula is C10H16N4O. The number of hydrogen-bond donors (Lipinski definition) is 1. The Hall–Kier alpha value is -1.39. The minimum atomic E-state index is -0.488. The Bertz CT molecular complexity index is 396. The first-order valence-electron chi connectivity index (χ1n) is 5.27. The second-order valence-corrected chi connectivity index (χ2v) is 4.57. The maximum absolute atomic E-state index is 11.2.